The van der Waals surface area contributed by atoms with Gasteiger partial charge in [0, 0.05) is 19.8 Å². The van der Waals surface area contributed by atoms with Gasteiger partial charge in [0.1, 0.15) is 11.4 Å². The topological polar surface area (TPSA) is 96.4 Å². The number of urea groups is 1. The van der Waals surface area contributed by atoms with E-state index < -0.39 is 0 Å². The molecule has 0 atom stereocenters. The van der Waals surface area contributed by atoms with E-state index >= 15 is 0 Å². The van der Waals surface area contributed by atoms with Crippen LogP contribution in [-0.4, -0.2) is 35.1 Å². The molecule has 0 aliphatic carbocycles. The monoisotopic (exact) mass is 363 g/mol. The number of carbonyl (C=O) groups is 1. The minimum absolute atomic E-state index is 0.342. The number of rotatable bonds is 4. The van der Waals surface area contributed by atoms with Crippen LogP contribution in [0.4, 0.5) is 10.5 Å². The normalized spacial score (nSPS) is 11.1. The van der Waals surface area contributed by atoms with Crippen molar-refractivity contribution in [2.75, 3.05) is 19.4 Å². The Bertz CT molecular complexity index is 1070. The zero-order valence-electron chi connectivity index (χ0n) is 14.8. The molecule has 3 heterocycles. The summed E-state index contributed by atoms with van der Waals surface area (Å²) in [6.07, 6.45) is 3.17. The molecule has 2 N–H and O–H groups in total. The van der Waals surface area contributed by atoms with Gasteiger partial charge >= 0.3 is 6.03 Å². The number of benzene rings is 1. The quantitative estimate of drug-likeness (QED) is 0.536. The van der Waals surface area contributed by atoms with E-state index in [9.17, 15) is 4.79 Å². The maximum atomic E-state index is 11.9. The lowest BCUT2D eigenvalue weighted by atomic mass is 10.1. The third-order valence-electron chi connectivity index (χ3n) is 3.76. The molecule has 136 valence electrons. The number of hydrogen-bond acceptors (Lipinski definition) is 6. The molecule has 8 nitrogen and oxygen atoms in total. The van der Waals surface area contributed by atoms with E-state index in [0.29, 0.717) is 39.6 Å². The number of hydrazine groups is 1. The summed E-state index contributed by atoms with van der Waals surface area (Å²) >= 11 is 0. The van der Waals surface area contributed by atoms with Crippen LogP contribution in [0.2, 0.25) is 0 Å². The van der Waals surface area contributed by atoms with Crippen molar-refractivity contribution >= 4 is 22.8 Å². The Morgan fingerprint density at radius 2 is 1.56 bits per heavy atom. The zero-order valence-corrected chi connectivity index (χ0v) is 14.8. The molecule has 0 unspecified atom stereocenters. The van der Waals surface area contributed by atoms with E-state index in [0.717, 1.165) is 0 Å². The predicted octanol–water partition coefficient (Wildman–Crippen LogP) is 3.75. The molecule has 1 aromatic carbocycles. The van der Waals surface area contributed by atoms with Gasteiger partial charge in [0.2, 0.25) is 0 Å². The number of carbonyl (C=O) groups excluding carboxylic acids is 1. The highest BCUT2D eigenvalue weighted by molar-refractivity contribution is 5.92. The molecular weight excluding hydrogens is 346 g/mol. The number of nitrogens with one attached hydrogen (secondary N) is 2. The third-order valence-corrected chi connectivity index (χ3v) is 3.76. The largest absolute Gasteiger partial charge is 0.463 e. The summed E-state index contributed by atoms with van der Waals surface area (Å²) < 4.78 is 11.0. The summed E-state index contributed by atoms with van der Waals surface area (Å²) in [7, 11) is 3.47. The van der Waals surface area contributed by atoms with Gasteiger partial charge in [-0.2, -0.15) is 0 Å². The van der Waals surface area contributed by atoms with Crippen LogP contribution >= 0.6 is 0 Å². The average molecular weight is 363 g/mol. The summed E-state index contributed by atoms with van der Waals surface area (Å²) in [6.45, 7) is 0. The van der Waals surface area contributed by atoms with Crippen LogP contribution in [0, 0.1) is 0 Å². The molecule has 0 saturated carbocycles. The first-order chi connectivity index (χ1) is 13.1. The van der Waals surface area contributed by atoms with E-state index in [1.807, 2.05) is 12.1 Å². The first-order valence-corrected chi connectivity index (χ1v) is 8.24. The van der Waals surface area contributed by atoms with Gasteiger partial charge in [-0.05, 0) is 42.5 Å². The summed E-state index contributed by atoms with van der Waals surface area (Å²) in [5.74, 6) is 1.18. The SMILES string of the molecule is CN(C)NC(=O)Nc1ccc2nc(-c3ccco3)c(-c3ccco3)nc2c1. The van der Waals surface area contributed by atoms with Crippen molar-refractivity contribution in [1.82, 2.24) is 20.4 Å². The molecule has 0 saturated heterocycles. The van der Waals surface area contributed by atoms with E-state index in [1.54, 1.807) is 62.0 Å². The molecule has 4 rings (SSSR count). The zero-order chi connectivity index (χ0) is 18.8. The fourth-order valence-electron chi connectivity index (χ4n) is 2.66. The van der Waals surface area contributed by atoms with Crippen LogP contribution < -0.4 is 10.7 Å². The third kappa shape index (κ3) is 3.51. The first-order valence-electron chi connectivity index (χ1n) is 8.24. The first kappa shape index (κ1) is 16.8. The van der Waals surface area contributed by atoms with Gasteiger partial charge in [0.15, 0.2) is 11.5 Å². The summed E-state index contributed by atoms with van der Waals surface area (Å²) in [5.41, 5.74) is 5.68. The van der Waals surface area contributed by atoms with Gasteiger partial charge in [-0.15, -0.1) is 0 Å². The Kier molecular flexibility index (Phi) is 4.31. The van der Waals surface area contributed by atoms with Crippen molar-refractivity contribution in [2.45, 2.75) is 0 Å². The number of anilines is 1. The van der Waals surface area contributed by atoms with E-state index in [1.165, 1.54) is 0 Å². The Hall–Kier alpha value is -3.65. The van der Waals surface area contributed by atoms with E-state index in [-0.39, 0.29) is 6.03 Å². The standard InChI is InChI=1S/C19H17N5O3/c1-24(2)23-19(25)20-12-7-8-13-14(11-12)22-18(16-6-4-10-27-16)17(21-13)15-5-3-9-26-15/h3-11H,1-2H3,(H2,20,23,25). The van der Waals surface area contributed by atoms with Crippen molar-refractivity contribution in [1.29, 1.82) is 0 Å². The number of hydrogen-bond donors (Lipinski definition) is 2. The van der Waals surface area contributed by atoms with Crippen LogP contribution in [-0.2, 0) is 0 Å². The minimum Gasteiger partial charge on any atom is -0.463 e. The lowest BCUT2D eigenvalue weighted by Crippen LogP contribution is -2.39. The molecule has 0 fully saturated rings. The highest BCUT2D eigenvalue weighted by Crippen LogP contribution is 2.32. The number of amides is 2. The van der Waals surface area contributed by atoms with Gasteiger partial charge in [0.05, 0.1) is 23.6 Å². The Morgan fingerprint density at radius 1 is 0.926 bits per heavy atom. The predicted molar refractivity (Wildman–Crippen MR) is 101 cm³/mol. The van der Waals surface area contributed by atoms with Gasteiger partial charge in [0.25, 0.3) is 0 Å². The number of fused-ring (bicyclic) bond motifs is 1. The second-order valence-electron chi connectivity index (χ2n) is 6.04. The molecule has 8 heteroatoms. The molecule has 0 spiro atoms. The maximum absolute atomic E-state index is 11.9. The summed E-state index contributed by atoms with van der Waals surface area (Å²) in [4.78, 5) is 21.3. The molecule has 27 heavy (non-hydrogen) atoms. The lowest BCUT2D eigenvalue weighted by Gasteiger charge is -2.13. The van der Waals surface area contributed by atoms with Crippen LogP contribution in [0.25, 0.3) is 33.9 Å². The highest BCUT2D eigenvalue weighted by atomic mass is 16.3. The fourth-order valence-corrected chi connectivity index (χ4v) is 2.66. The number of furan rings is 2. The molecule has 0 bridgehead atoms. The smallest absolute Gasteiger partial charge is 0.333 e. The number of nitrogens with zero attached hydrogens (tertiary/aromatic N) is 3. The van der Waals surface area contributed by atoms with Crippen molar-refractivity contribution in [3.63, 3.8) is 0 Å². The molecule has 0 aliphatic heterocycles. The van der Waals surface area contributed by atoms with Crippen molar-refractivity contribution in [2.24, 2.45) is 0 Å². The number of aromatic nitrogens is 2. The van der Waals surface area contributed by atoms with E-state index in [4.69, 9.17) is 13.8 Å². The second-order valence-corrected chi connectivity index (χ2v) is 6.04. The van der Waals surface area contributed by atoms with Crippen LogP contribution in [0.1, 0.15) is 0 Å². The van der Waals surface area contributed by atoms with Gasteiger partial charge in [-0.3, -0.25) is 5.43 Å². The molecule has 3 aromatic heterocycles. The Labute approximate surface area is 154 Å². The van der Waals surface area contributed by atoms with Crippen molar-refractivity contribution < 1.29 is 13.6 Å². The lowest BCUT2D eigenvalue weighted by molar-refractivity contribution is 0.224. The second kappa shape index (κ2) is 6.93. The molecular formula is C19H17N5O3. The molecule has 4 aromatic rings. The summed E-state index contributed by atoms with van der Waals surface area (Å²) in [6, 6.07) is 12.2. The molecule has 2 amide bonds. The molecule has 0 radical (unpaired) electrons. The fraction of sp³-hybridized carbons (Fsp3) is 0.105. The van der Waals surface area contributed by atoms with Crippen LogP contribution in [0.5, 0.6) is 0 Å². The Balaban J connectivity index is 1.78. The highest BCUT2D eigenvalue weighted by Gasteiger charge is 2.17. The average Bonchev–Trinajstić information content (AvgIpc) is 3.33. The van der Waals surface area contributed by atoms with Gasteiger partial charge in [-0.1, -0.05) is 0 Å². The van der Waals surface area contributed by atoms with Crippen LogP contribution in [0.15, 0.2) is 63.8 Å². The van der Waals surface area contributed by atoms with Crippen LogP contribution in [0.3, 0.4) is 0 Å². The van der Waals surface area contributed by atoms with E-state index in [2.05, 4.69) is 15.7 Å². The summed E-state index contributed by atoms with van der Waals surface area (Å²) in [5, 5.41) is 4.32. The van der Waals surface area contributed by atoms with Gasteiger partial charge in [-0.25, -0.2) is 19.8 Å². The van der Waals surface area contributed by atoms with Crippen molar-refractivity contribution in [3.05, 3.63) is 55.0 Å². The minimum atomic E-state index is -0.342. The van der Waals surface area contributed by atoms with Gasteiger partial charge < -0.3 is 14.2 Å². The van der Waals surface area contributed by atoms with Crippen molar-refractivity contribution in [3.8, 4) is 22.9 Å². The molecule has 0 aliphatic rings. The Morgan fingerprint density at radius 3 is 2.11 bits per heavy atom. The maximum Gasteiger partial charge on any atom is 0.333 e.